The molecule has 3 heterocycles. The molecule has 10 nitrogen and oxygen atoms in total. The number of nitrogens with two attached hydrogens (primary N) is 1. The molecule has 34 heavy (non-hydrogen) atoms. The second-order valence-corrected chi connectivity index (χ2v) is 7.84. The number of aliphatic carboxylic acids is 1. The van der Waals surface area contributed by atoms with Crippen LogP contribution in [0.5, 0.6) is 0 Å². The van der Waals surface area contributed by atoms with Gasteiger partial charge in [0, 0.05) is 57.2 Å². The van der Waals surface area contributed by atoms with Gasteiger partial charge >= 0.3 is 12.1 Å². The molecule has 2 amide bonds. The minimum atomic E-state index is -5.08. The first-order valence-corrected chi connectivity index (χ1v) is 10.7. The second-order valence-electron chi connectivity index (χ2n) is 7.84. The highest BCUT2D eigenvalue weighted by Gasteiger charge is 2.38. The summed E-state index contributed by atoms with van der Waals surface area (Å²) < 4.78 is 31.7. The molecule has 1 aromatic rings. The van der Waals surface area contributed by atoms with E-state index in [-0.39, 0.29) is 24.3 Å². The van der Waals surface area contributed by atoms with Gasteiger partial charge in [0.25, 0.3) is 0 Å². The number of carbonyl (C=O) groups excluding carboxylic acids is 2. The summed E-state index contributed by atoms with van der Waals surface area (Å²) in [5, 5.41) is 16.2. The number of likely N-dealkylation sites (tertiary alicyclic amines) is 1. The highest BCUT2D eigenvalue weighted by atomic mass is 19.4. The zero-order valence-corrected chi connectivity index (χ0v) is 18.4. The fraction of sp³-hybridized carbons (Fsp3) is 0.571. The number of anilines is 1. The number of carbonyl (C=O) groups is 3. The molecular weight excluding hydrogens is 457 g/mol. The molecule has 0 aromatic carbocycles. The van der Waals surface area contributed by atoms with Crippen LogP contribution in [-0.2, 0) is 14.4 Å². The SMILES string of the molecule is N#C[C@@H]1CCCN1C(=O)[C@@H](N)CCC(=O)N1CCN(c2ccncc2)CC1.O=C(O)C(F)(F)F. The van der Waals surface area contributed by atoms with Crippen molar-refractivity contribution in [3.05, 3.63) is 24.5 Å². The van der Waals surface area contributed by atoms with Crippen molar-refractivity contribution in [1.82, 2.24) is 14.8 Å². The summed E-state index contributed by atoms with van der Waals surface area (Å²) in [5.41, 5.74) is 7.12. The van der Waals surface area contributed by atoms with Gasteiger partial charge in [-0.05, 0) is 31.4 Å². The maximum Gasteiger partial charge on any atom is 0.490 e. The molecule has 0 unspecified atom stereocenters. The van der Waals surface area contributed by atoms with Crippen LogP contribution in [0.15, 0.2) is 24.5 Å². The molecule has 3 N–H and O–H groups in total. The first kappa shape index (κ1) is 26.8. The van der Waals surface area contributed by atoms with Crippen LogP contribution in [0.25, 0.3) is 0 Å². The number of halogens is 3. The Hall–Kier alpha value is -3.40. The Balaban J connectivity index is 0.000000509. The van der Waals surface area contributed by atoms with E-state index in [1.54, 1.807) is 17.3 Å². The molecule has 0 saturated carbocycles. The van der Waals surface area contributed by atoms with E-state index in [1.807, 2.05) is 17.0 Å². The van der Waals surface area contributed by atoms with Crippen LogP contribution in [-0.4, -0.2) is 88.7 Å². The number of alkyl halides is 3. The van der Waals surface area contributed by atoms with E-state index in [0.29, 0.717) is 32.5 Å². The zero-order valence-electron chi connectivity index (χ0n) is 18.4. The van der Waals surface area contributed by atoms with E-state index in [9.17, 15) is 22.8 Å². The van der Waals surface area contributed by atoms with Crippen LogP contribution in [0, 0.1) is 11.3 Å². The molecule has 2 saturated heterocycles. The number of piperazine rings is 1. The highest BCUT2D eigenvalue weighted by Crippen LogP contribution is 2.19. The van der Waals surface area contributed by atoms with E-state index in [2.05, 4.69) is 16.0 Å². The smallest absolute Gasteiger partial charge is 0.475 e. The molecule has 13 heteroatoms. The molecule has 186 valence electrons. The number of aromatic nitrogens is 1. The summed E-state index contributed by atoms with van der Waals surface area (Å²) in [5.74, 6) is -2.94. The predicted octanol–water partition coefficient (Wildman–Crippen LogP) is 0.986. The van der Waals surface area contributed by atoms with Crippen LogP contribution in [0.3, 0.4) is 0 Å². The number of pyridine rings is 1. The number of nitrogens with zero attached hydrogens (tertiary/aromatic N) is 5. The molecule has 0 spiro atoms. The lowest BCUT2D eigenvalue weighted by molar-refractivity contribution is -0.192. The van der Waals surface area contributed by atoms with E-state index in [1.165, 1.54) is 0 Å². The van der Waals surface area contributed by atoms with Crippen molar-refractivity contribution < 1.29 is 32.7 Å². The van der Waals surface area contributed by atoms with Gasteiger partial charge < -0.3 is 25.5 Å². The van der Waals surface area contributed by atoms with Gasteiger partial charge in [-0.25, -0.2) is 4.79 Å². The monoisotopic (exact) mass is 484 g/mol. The molecule has 2 aliphatic rings. The Morgan fingerprint density at radius 1 is 1.18 bits per heavy atom. The van der Waals surface area contributed by atoms with Crippen LogP contribution < -0.4 is 10.6 Å². The quantitative estimate of drug-likeness (QED) is 0.630. The van der Waals surface area contributed by atoms with Crippen LogP contribution in [0.4, 0.5) is 18.9 Å². The topological polar surface area (TPSA) is 144 Å². The second kappa shape index (κ2) is 12.2. The Morgan fingerprint density at radius 3 is 2.29 bits per heavy atom. The molecule has 1 aromatic heterocycles. The summed E-state index contributed by atoms with van der Waals surface area (Å²) in [6.07, 6.45) is 0.558. The zero-order chi connectivity index (χ0) is 25.3. The van der Waals surface area contributed by atoms with Crippen LogP contribution in [0.2, 0.25) is 0 Å². The van der Waals surface area contributed by atoms with Crippen molar-refractivity contribution in [1.29, 1.82) is 5.26 Å². The Morgan fingerprint density at radius 2 is 1.76 bits per heavy atom. The third-order valence-corrected chi connectivity index (χ3v) is 5.57. The Bertz CT molecular complexity index is 885. The summed E-state index contributed by atoms with van der Waals surface area (Å²) in [6, 6.07) is 4.99. The lowest BCUT2D eigenvalue weighted by atomic mass is 10.1. The number of carboxylic acids is 1. The summed E-state index contributed by atoms with van der Waals surface area (Å²) in [7, 11) is 0. The summed E-state index contributed by atoms with van der Waals surface area (Å²) in [6.45, 7) is 3.45. The third kappa shape index (κ3) is 7.58. The number of amides is 2. The van der Waals surface area contributed by atoms with Gasteiger partial charge in [-0.3, -0.25) is 14.6 Å². The number of carboxylic acid groups (broad SMARTS) is 1. The predicted molar refractivity (Wildman–Crippen MR) is 114 cm³/mol. The molecular formula is C21H27F3N6O4. The van der Waals surface area contributed by atoms with Crippen molar-refractivity contribution in [2.75, 3.05) is 37.6 Å². The number of hydrogen-bond acceptors (Lipinski definition) is 7. The Kier molecular flexibility index (Phi) is 9.61. The van der Waals surface area contributed by atoms with Gasteiger partial charge in [0.05, 0.1) is 12.1 Å². The Labute approximate surface area is 194 Å². The minimum Gasteiger partial charge on any atom is -0.475 e. The van der Waals surface area contributed by atoms with Crippen molar-refractivity contribution in [2.24, 2.45) is 5.73 Å². The van der Waals surface area contributed by atoms with Gasteiger partial charge in [0.15, 0.2) is 0 Å². The highest BCUT2D eigenvalue weighted by molar-refractivity contribution is 5.84. The van der Waals surface area contributed by atoms with Gasteiger partial charge in [-0.2, -0.15) is 18.4 Å². The van der Waals surface area contributed by atoms with E-state index < -0.39 is 18.2 Å². The molecule has 2 fully saturated rings. The van der Waals surface area contributed by atoms with E-state index in [0.717, 1.165) is 25.2 Å². The first-order chi connectivity index (χ1) is 16.0. The van der Waals surface area contributed by atoms with Gasteiger partial charge in [-0.1, -0.05) is 0 Å². The van der Waals surface area contributed by atoms with Crippen molar-refractivity contribution >= 4 is 23.5 Å². The van der Waals surface area contributed by atoms with Crippen molar-refractivity contribution in [3.63, 3.8) is 0 Å². The van der Waals surface area contributed by atoms with Crippen molar-refractivity contribution in [3.8, 4) is 6.07 Å². The lowest BCUT2D eigenvalue weighted by Gasteiger charge is -2.36. The van der Waals surface area contributed by atoms with Gasteiger partial charge in [0.2, 0.25) is 11.8 Å². The first-order valence-electron chi connectivity index (χ1n) is 10.7. The minimum absolute atomic E-state index is 0.0332. The van der Waals surface area contributed by atoms with Crippen LogP contribution in [0.1, 0.15) is 25.7 Å². The molecule has 3 rings (SSSR count). The normalized spacial score (nSPS) is 19.0. The standard InChI is InChI=1S/C19H26N6O2.C2HF3O2/c20-14-16-2-1-9-25(16)19(27)17(21)3-4-18(26)24-12-10-23(11-13-24)15-5-7-22-8-6-15;3-2(4,5)1(6)7/h5-8,16-17H,1-4,9-13,21H2;(H,6,7)/t16-,17-;/m0./s1. The van der Waals surface area contributed by atoms with E-state index in [4.69, 9.17) is 20.9 Å². The molecule has 0 bridgehead atoms. The molecule has 2 atom stereocenters. The molecule has 0 radical (unpaired) electrons. The number of nitriles is 1. The lowest BCUT2D eigenvalue weighted by Crippen LogP contribution is -2.49. The fourth-order valence-corrected chi connectivity index (χ4v) is 3.71. The summed E-state index contributed by atoms with van der Waals surface area (Å²) in [4.78, 5) is 43.4. The summed E-state index contributed by atoms with van der Waals surface area (Å²) >= 11 is 0. The van der Waals surface area contributed by atoms with Gasteiger partial charge in [0.1, 0.15) is 6.04 Å². The fourth-order valence-electron chi connectivity index (χ4n) is 3.71. The largest absolute Gasteiger partial charge is 0.490 e. The van der Waals surface area contributed by atoms with Gasteiger partial charge in [-0.15, -0.1) is 0 Å². The number of hydrogen-bond donors (Lipinski definition) is 2. The van der Waals surface area contributed by atoms with E-state index >= 15 is 0 Å². The van der Waals surface area contributed by atoms with Crippen molar-refractivity contribution in [2.45, 2.75) is 43.9 Å². The average molecular weight is 484 g/mol. The molecule has 2 aliphatic heterocycles. The molecule has 0 aliphatic carbocycles. The average Bonchev–Trinajstić information content (AvgIpc) is 3.31. The maximum absolute atomic E-state index is 12.5. The number of rotatable bonds is 5. The van der Waals surface area contributed by atoms with Crippen LogP contribution >= 0.6 is 0 Å². The third-order valence-electron chi connectivity index (χ3n) is 5.57. The maximum atomic E-state index is 12.5.